The second-order valence-corrected chi connectivity index (χ2v) is 6.28. The lowest BCUT2D eigenvalue weighted by atomic mass is 10.2. The fraction of sp³-hybridized carbons (Fsp3) is 0.0500. The van der Waals surface area contributed by atoms with Crippen LogP contribution < -0.4 is 22.7 Å². The third-order valence-corrected chi connectivity index (χ3v) is 4.03. The summed E-state index contributed by atoms with van der Waals surface area (Å²) in [5.74, 6) is 0.955. The predicted molar refractivity (Wildman–Crippen MR) is 100 cm³/mol. The Morgan fingerprint density at radius 2 is 1.46 bits per heavy atom. The van der Waals surface area contributed by atoms with Gasteiger partial charge in [0.15, 0.2) is 0 Å². The lowest BCUT2D eigenvalue weighted by Crippen LogP contribution is -3.00. The molecule has 2 nitrogen and oxygen atoms in total. The Bertz CT molecular complexity index is 797. The van der Waals surface area contributed by atoms with E-state index < -0.39 is 0 Å². The second-order valence-electron chi connectivity index (χ2n) is 5.36. The van der Waals surface area contributed by atoms with Gasteiger partial charge >= 0.3 is 0 Å². The van der Waals surface area contributed by atoms with Crippen molar-refractivity contribution in [1.29, 1.82) is 0 Å². The first-order valence-corrected chi connectivity index (χ1v) is 8.29. The zero-order chi connectivity index (χ0) is 16.1. The maximum Gasteiger partial charge on any atom is 0.285 e. The molecule has 3 aromatic rings. The Balaban J connectivity index is 0.00000208. The summed E-state index contributed by atoms with van der Waals surface area (Å²) >= 11 is 3.47. The van der Waals surface area contributed by atoms with Gasteiger partial charge in [0.2, 0.25) is 0 Å². The van der Waals surface area contributed by atoms with Crippen LogP contribution in [-0.2, 0) is 0 Å². The molecule has 0 aliphatic carbocycles. The van der Waals surface area contributed by atoms with Crippen molar-refractivity contribution in [1.82, 2.24) is 0 Å². The van der Waals surface area contributed by atoms with E-state index in [2.05, 4.69) is 69.6 Å². The normalized spacial score (nSPS) is 10.8. The van der Waals surface area contributed by atoms with E-state index >= 15 is 0 Å². The fourth-order valence-corrected chi connectivity index (χ4v) is 2.50. The summed E-state index contributed by atoms with van der Waals surface area (Å²) in [6, 6.07) is 26.8. The number of anilines is 1. The summed E-state index contributed by atoms with van der Waals surface area (Å²) in [7, 11) is 0. The average Bonchev–Trinajstić information content (AvgIpc) is 2.59. The molecule has 3 rings (SSSR count). The Morgan fingerprint density at radius 3 is 2.08 bits per heavy atom. The van der Waals surface area contributed by atoms with E-state index in [-0.39, 0.29) is 12.4 Å². The number of hydrogen-bond donors (Lipinski definition) is 2. The van der Waals surface area contributed by atoms with Gasteiger partial charge in [-0.3, -0.25) is 0 Å². The van der Waals surface area contributed by atoms with Gasteiger partial charge in [0.05, 0.1) is 5.56 Å². The Hall–Kier alpha value is -2.10. The number of halogens is 2. The lowest BCUT2D eigenvalue weighted by Gasteiger charge is -2.04. The van der Waals surface area contributed by atoms with Crippen LogP contribution in [0.5, 0.6) is 0 Å². The zero-order valence-electron chi connectivity index (χ0n) is 13.3. The average molecular weight is 402 g/mol. The molecule has 0 unspecified atom stereocenters. The highest BCUT2D eigenvalue weighted by atomic mass is 79.9. The third kappa shape index (κ3) is 4.95. The summed E-state index contributed by atoms with van der Waals surface area (Å²) in [6.07, 6.45) is 0. The van der Waals surface area contributed by atoms with E-state index in [1.165, 1.54) is 5.56 Å². The molecule has 0 fully saturated rings. The van der Waals surface area contributed by atoms with Gasteiger partial charge in [0.25, 0.3) is 5.84 Å². The topological polar surface area (TPSA) is 26.0 Å². The van der Waals surface area contributed by atoms with Crippen molar-refractivity contribution in [3.05, 3.63) is 94.5 Å². The first-order chi connectivity index (χ1) is 11.2. The van der Waals surface area contributed by atoms with E-state index in [0.717, 1.165) is 27.2 Å². The highest BCUT2D eigenvalue weighted by Gasteiger charge is 2.11. The van der Waals surface area contributed by atoms with Crippen LogP contribution in [-0.4, -0.2) is 5.84 Å². The van der Waals surface area contributed by atoms with Gasteiger partial charge in [-0.1, -0.05) is 51.8 Å². The van der Waals surface area contributed by atoms with Gasteiger partial charge in [-0.05, 0) is 55.5 Å². The van der Waals surface area contributed by atoms with E-state index in [9.17, 15) is 0 Å². The highest BCUT2D eigenvalue weighted by Crippen LogP contribution is 2.14. The van der Waals surface area contributed by atoms with Crippen LogP contribution >= 0.6 is 15.9 Å². The first-order valence-electron chi connectivity index (χ1n) is 7.49. The molecule has 0 radical (unpaired) electrons. The van der Waals surface area contributed by atoms with Crippen LogP contribution in [0.3, 0.4) is 0 Å². The van der Waals surface area contributed by atoms with Crippen LogP contribution in [0.25, 0.3) is 0 Å². The Kier molecular flexibility index (Phi) is 6.59. The molecule has 0 bridgehead atoms. The molecule has 0 amide bonds. The molecule has 0 spiro atoms. The smallest absolute Gasteiger partial charge is 0.285 e. The van der Waals surface area contributed by atoms with Crippen LogP contribution in [0.4, 0.5) is 11.4 Å². The molecular weight excluding hydrogens is 384 g/mol. The molecule has 0 atom stereocenters. The van der Waals surface area contributed by atoms with Crippen molar-refractivity contribution in [3.8, 4) is 0 Å². The molecule has 0 aliphatic rings. The molecule has 0 aliphatic heterocycles. The molecular formula is C20H18BrClN2. The summed E-state index contributed by atoms with van der Waals surface area (Å²) < 4.78 is 1.07. The van der Waals surface area contributed by atoms with Crippen LogP contribution in [0.2, 0.25) is 0 Å². The van der Waals surface area contributed by atoms with E-state index in [1.54, 1.807) is 0 Å². The minimum atomic E-state index is 0. The van der Waals surface area contributed by atoms with Gasteiger partial charge < -0.3 is 12.4 Å². The minimum absolute atomic E-state index is 0. The standard InChI is InChI=1S/C20H17BrN2.ClH/c1-15-7-11-18(12-8-15)22-20(16-5-3-2-4-6-16)23-19-13-9-17(21)10-14-19;/h2-14H,1H3,(H,22,23);1H. The maximum atomic E-state index is 3.48. The van der Waals surface area contributed by atoms with Gasteiger partial charge in [-0.25, -0.2) is 10.3 Å². The van der Waals surface area contributed by atoms with Gasteiger partial charge in [0, 0.05) is 4.47 Å². The molecule has 0 saturated heterocycles. The number of rotatable bonds is 3. The maximum absolute atomic E-state index is 3.48. The molecule has 3 aromatic carbocycles. The van der Waals surface area contributed by atoms with Gasteiger partial charge in [-0.2, -0.15) is 0 Å². The van der Waals surface area contributed by atoms with Crippen molar-refractivity contribution >= 4 is 33.1 Å². The van der Waals surface area contributed by atoms with Crippen LogP contribution in [0, 0.1) is 6.92 Å². The SMILES string of the molecule is Cc1ccc([NH+]=C(Nc2ccc(Br)cc2)c2ccccc2)cc1.[Cl-]. The first kappa shape index (κ1) is 18.2. The lowest BCUT2D eigenvalue weighted by molar-refractivity contribution is -0.352. The summed E-state index contributed by atoms with van der Waals surface area (Å²) in [6.45, 7) is 2.09. The van der Waals surface area contributed by atoms with Crippen LogP contribution in [0.15, 0.2) is 83.3 Å². The summed E-state index contributed by atoms with van der Waals surface area (Å²) in [5.41, 5.74) is 4.44. The summed E-state index contributed by atoms with van der Waals surface area (Å²) in [5, 5.41) is 3.47. The molecule has 2 N–H and O–H groups in total. The molecule has 24 heavy (non-hydrogen) atoms. The number of benzene rings is 3. The Labute approximate surface area is 157 Å². The quantitative estimate of drug-likeness (QED) is 0.498. The van der Waals surface area contributed by atoms with Crippen molar-refractivity contribution in [3.63, 3.8) is 0 Å². The van der Waals surface area contributed by atoms with E-state index in [0.29, 0.717) is 0 Å². The van der Waals surface area contributed by atoms with Crippen molar-refractivity contribution in [2.24, 2.45) is 0 Å². The number of nitrogens with one attached hydrogen (secondary N) is 2. The highest BCUT2D eigenvalue weighted by molar-refractivity contribution is 9.10. The van der Waals surface area contributed by atoms with Crippen LogP contribution in [0.1, 0.15) is 11.1 Å². The van der Waals surface area contributed by atoms with Crippen molar-refractivity contribution in [2.75, 3.05) is 5.32 Å². The largest absolute Gasteiger partial charge is 1.00 e. The molecule has 4 heteroatoms. The van der Waals surface area contributed by atoms with E-state index in [4.69, 9.17) is 0 Å². The second kappa shape index (κ2) is 8.67. The molecule has 0 heterocycles. The third-order valence-electron chi connectivity index (χ3n) is 3.50. The molecule has 0 aromatic heterocycles. The predicted octanol–water partition coefficient (Wildman–Crippen LogP) is 1.03. The number of aryl methyl sites for hydroxylation is 1. The number of amidine groups is 1. The van der Waals surface area contributed by atoms with Gasteiger partial charge in [0.1, 0.15) is 11.4 Å². The molecule has 122 valence electrons. The number of hydrogen-bond acceptors (Lipinski definition) is 0. The minimum Gasteiger partial charge on any atom is -1.00 e. The fourth-order valence-electron chi connectivity index (χ4n) is 2.24. The van der Waals surface area contributed by atoms with Crippen molar-refractivity contribution in [2.45, 2.75) is 6.92 Å². The van der Waals surface area contributed by atoms with E-state index in [1.807, 2.05) is 42.5 Å². The zero-order valence-corrected chi connectivity index (χ0v) is 15.6. The van der Waals surface area contributed by atoms with Gasteiger partial charge in [-0.15, -0.1) is 0 Å². The summed E-state index contributed by atoms with van der Waals surface area (Å²) in [4.78, 5) is 3.48. The monoisotopic (exact) mass is 400 g/mol. The molecule has 0 saturated carbocycles. The Morgan fingerprint density at radius 1 is 0.833 bits per heavy atom. The van der Waals surface area contributed by atoms with Crippen molar-refractivity contribution < 1.29 is 17.4 Å².